The normalized spacial score (nSPS) is 19.6. The molecule has 1 aliphatic rings. The monoisotopic (exact) mass is 274 g/mol. The van der Waals surface area contributed by atoms with Gasteiger partial charge in [0.15, 0.2) is 0 Å². The van der Waals surface area contributed by atoms with E-state index >= 15 is 0 Å². The third-order valence-corrected chi connectivity index (χ3v) is 4.38. The van der Waals surface area contributed by atoms with Crippen molar-refractivity contribution in [1.29, 1.82) is 0 Å². The Hall–Kier alpha value is 0.345. The van der Waals surface area contributed by atoms with Crippen LogP contribution in [-0.2, 0) is 4.79 Å². The maximum atomic E-state index is 11.3. The molecule has 0 aromatic heterocycles. The van der Waals surface area contributed by atoms with Crippen molar-refractivity contribution in [2.24, 2.45) is 0 Å². The molecule has 56 valence electrons. The van der Waals surface area contributed by atoms with Crippen LogP contribution in [0.5, 0.6) is 0 Å². The van der Waals surface area contributed by atoms with Crippen molar-refractivity contribution in [2.45, 2.75) is 27.2 Å². The molecular formula is C9H11LaO. The molecule has 1 aliphatic carbocycles. The van der Waals surface area contributed by atoms with Gasteiger partial charge < -0.3 is 0 Å². The molecule has 0 heterocycles. The van der Waals surface area contributed by atoms with Crippen LogP contribution in [0.25, 0.3) is 0 Å². The summed E-state index contributed by atoms with van der Waals surface area (Å²) in [6, 6.07) is 0. The Balaban J connectivity index is 3.18. The second-order valence-corrected chi connectivity index (χ2v) is 5.19. The number of ketones is 1. The summed E-state index contributed by atoms with van der Waals surface area (Å²) < 4.78 is 1.39. The molecular weight excluding hydrogens is 263 g/mol. The Morgan fingerprint density at radius 2 is 1.64 bits per heavy atom. The standard InChI is InChI=1S/C9H11O.La/c1-6-4-5-9(10)8(3)7(6)2;/h5H2,1-3H3;. The average molecular weight is 274 g/mol. The van der Waals surface area contributed by atoms with Gasteiger partial charge >= 0.3 is 90.2 Å². The zero-order valence-corrected chi connectivity index (χ0v) is 10.8. The van der Waals surface area contributed by atoms with E-state index in [1.54, 1.807) is 0 Å². The summed E-state index contributed by atoms with van der Waals surface area (Å²) in [5, 5.41) is 0. The summed E-state index contributed by atoms with van der Waals surface area (Å²) in [6.07, 6.45) is 0.694. The van der Waals surface area contributed by atoms with Crippen LogP contribution in [-0.4, -0.2) is 5.78 Å². The van der Waals surface area contributed by atoms with E-state index in [1.807, 2.05) is 13.8 Å². The molecule has 0 saturated heterocycles. The first-order chi connectivity index (χ1) is 5.04. The summed E-state index contributed by atoms with van der Waals surface area (Å²) in [4.78, 5) is 11.3. The number of Topliss-reactive ketones (excluding diaryl/α,β-unsaturated/α-hetero) is 1. The zero-order valence-electron chi connectivity index (χ0n) is 7.19. The van der Waals surface area contributed by atoms with Crippen LogP contribution in [0.1, 0.15) is 27.2 Å². The van der Waals surface area contributed by atoms with E-state index in [2.05, 4.69) is 6.92 Å². The molecule has 0 bridgehead atoms. The minimum absolute atomic E-state index is 0.325. The Bertz CT molecular complexity index is 271. The van der Waals surface area contributed by atoms with Gasteiger partial charge in [-0.3, -0.25) is 0 Å². The van der Waals surface area contributed by atoms with Gasteiger partial charge in [0.2, 0.25) is 0 Å². The second-order valence-electron chi connectivity index (χ2n) is 3.00. The average Bonchev–Trinajstić information content (AvgIpc) is 1.97. The SMILES string of the molecule is CC1=[C]([La])CC(=O)C(C)=C1C. The molecule has 0 radical (unpaired) electrons. The topological polar surface area (TPSA) is 17.1 Å². The van der Waals surface area contributed by atoms with Crippen molar-refractivity contribution >= 4 is 5.78 Å². The number of rotatable bonds is 0. The fourth-order valence-electron chi connectivity index (χ4n) is 1.17. The Morgan fingerprint density at radius 1 is 1.09 bits per heavy atom. The van der Waals surface area contributed by atoms with Crippen molar-refractivity contribution in [2.75, 3.05) is 0 Å². The van der Waals surface area contributed by atoms with Gasteiger partial charge in [0, 0.05) is 0 Å². The van der Waals surface area contributed by atoms with Crippen molar-refractivity contribution in [3.05, 3.63) is 18.7 Å². The zero-order chi connectivity index (χ0) is 8.59. The van der Waals surface area contributed by atoms with Gasteiger partial charge in [-0.1, -0.05) is 0 Å². The molecule has 0 spiro atoms. The molecule has 0 amide bonds. The first-order valence-corrected chi connectivity index (χ1v) is 5.51. The maximum absolute atomic E-state index is 11.3. The van der Waals surface area contributed by atoms with Crippen molar-refractivity contribution in [1.82, 2.24) is 0 Å². The molecule has 0 aliphatic heterocycles. The summed E-state index contributed by atoms with van der Waals surface area (Å²) >= 11 is 0.826. The van der Waals surface area contributed by atoms with E-state index < -0.39 is 0 Å². The molecule has 11 heavy (non-hydrogen) atoms. The molecule has 0 fully saturated rings. The number of allylic oxidation sites excluding steroid dienone is 4. The third kappa shape index (κ3) is 1.74. The van der Waals surface area contributed by atoms with Gasteiger partial charge in [0.1, 0.15) is 0 Å². The number of carbonyl (C=O) groups excluding carboxylic acids is 1. The summed E-state index contributed by atoms with van der Waals surface area (Å²) in [5.74, 6) is 0.325. The fraction of sp³-hybridized carbons (Fsp3) is 0.444. The van der Waals surface area contributed by atoms with Gasteiger partial charge in [-0.05, 0) is 0 Å². The molecule has 0 unspecified atom stereocenters. The predicted molar refractivity (Wildman–Crippen MR) is 40.7 cm³/mol. The van der Waals surface area contributed by atoms with E-state index in [0.717, 1.165) is 39.3 Å². The quantitative estimate of drug-likeness (QED) is 0.661. The predicted octanol–water partition coefficient (Wildman–Crippen LogP) is 2.12. The van der Waals surface area contributed by atoms with Crippen LogP contribution in [0.2, 0.25) is 0 Å². The fourth-order valence-corrected chi connectivity index (χ4v) is 2.43. The molecule has 0 atom stereocenters. The van der Waals surface area contributed by atoms with E-state index in [-0.39, 0.29) is 0 Å². The Morgan fingerprint density at radius 3 is 2.18 bits per heavy atom. The Labute approximate surface area is 89.6 Å². The van der Waals surface area contributed by atoms with Crippen LogP contribution >= 0.6 is 0 Å². The van der Waals surface area contributed by atoms with E-state index in [0.29, 0.717) is 12.2 Å². The molecule has 1 nitrogen and oxygen atoms in total. The summed E-state index contributed by atoms with van der Waals surface area (Å²) in [6.45, 7) is 6.10. The summed E-state index contributed by atoms with van der Waals surface area (Å²) in [5.41, 5.74) is 3.54. The number of hydrogen-bond donors (Lipinski definition) is 0. The molecule has 2 heteroatoms. The van der Waals surface area contributed by atoms with Crippen LogP contribution in [0.4, 0.5) is 0 Å². The van der Waals surface area contributed by atoms with Gasteiger partial charge in [-0.25, -0.2) is 0 Å². The molecule has 0 saturated carbocycles. The van der Waals surface area contributed by atoms with Crippen molar-refractivity contribution < 1.29 is 38.5 Å². The van der Waals surface area contributed by atoms with Crippen LogP contribution in [0.3, 0.4) is 0 Å². The molecule has 0 aromatic carbocycles. The van der Waals surface area contributed by atoms with E-state index in [9.17, 15) is 4.79 Å². The molecule has 0 N–H and O–H groups in total. The van der Waals surface area contributed by atoms with Crippen LogP contribution in [0.15, 0.2) is 18.7 Å². The van der Waals surface area contributed by atoms with E-state index in [1.165, 1.54) is 13.1 Å². The van der Waals surface area contributed by atoms with E-state index in [4.69, 9.17) is 0 Å². The second kappa shape index (κ2) is 3.38. The minimum atomic E-state index is 0.325. The molecule has 0 aromatic rings. The van der Waals surface area contributed by atoms with Gasteiger partial charge in [0.25, 0.3) is 0 Å². The van der Waals surface area contributed by atoms with Crippen LogP contribution in [0, 0.1) is 33.7 Å². The van der Waals surface area contributed by atoms with Crippen molar-refractivity contribution in [3.8, 4) is 0 Å². The first kappa shape index (κ1) is 9.43. The number of carbonyl (C=O) groups is 1. The van der Waals surface area contributed by atoms with Gasteiger partial charge in [0.05, 0.1) is 0 Å². The van der Waals surface area contributed by atoms with Gasteiger partial charge in [-0.2, -0.15) is 0 Å². The van der Waals surface area contributed by atoms with Crippen molar-refractivity contribution in [3.63, 3.8) is 0 Å². The Kier molecular flexibility index (Phi) is 2.90. The van der Waals surface area contributed by atoms with Gasteiger partial charge in [-0.15, -0.1) is 0 Å². The summed E-state index contributed by atoms with van der Waals surface area (Å²) in [7, 11) is 0. The first-order valence-electron chi connectivity index (χ1n) is 3.70. The number of hydrogen-bond acceptors (Lipinski definition) is 1. The van der Waals surface area contributed by atoms with Crippen LogP contribution < -0.4 is 0 Å². The third-order valence-electron chi connectivity index (χ3n) is 2.38. The molecule has 1 rings (SSSR count).